The van der Waals surface area contributed by atoms with Crippen molar-refractivity contribution in [3.63, 3.8) is 0 Å². The second-order valence-electron chi connectivity index (χ2n) is 4.45. The standard InChI is InChI=1S/C14H13F3IN3OS/c1-21(8-4-6-9(22-2)7-5-8)12-10(18)11(14(15,16)17)19-13(20-12)23-3/h4-7H,1-3H3. The molecule has 0 saturated heterocycles. The highest BCUT2D eigenvalue weighted by atomic mass is 127. The summed E-state index contributed by atoms with van der Waals surface area (Å²) in [6.07, 6.45) is -2.89. The van der Waals surface area contributed by atoms with Gasteiger partial charge in [0.05, 0.1) is 10.7 Å². The molecular formula is C14H13F3IN3OS. The number of alkyl halides is 3. The highest BCUT2D eigenvalue weighted by Gasteiger charge is 2.37. The number of anilines is 2. The minimum absolute atomic E-state index is 0.0359. The number of nitrogens with zero attached hydrogens (tertiary/aromatic N) is 3. The van der Waals surface area contributed by atoms with Gasteiger partial charge >= 0.3 is 6.18 Å². The van der Waals surface area contributed by atoms with Gasteiger partial charge in [0.25, 0.3) is 0 Å². The molecule has 0 amide bonds. The topological polar surface area (TPSA) is 38.2 Å². The Balaban J connectivity index is 2.52. The van der Waals surface area contributed by atoms with Gasteiger partial charge in [-0.2, -0.15) is 13.2 Å². The Hall–Kier alpha value is -1.23. The first-order valence-electron chi connectivity index (χ1n) is 6.34. The third kappa shape index (κ3) is 4.00. The van der Waals surface area contributed by atoms with E-state index in [0.717, 1.165) is 11.8 Å². The molecule has 0 spiro atoms. The van der Waals surface area contributed by atoms with Crippen molar-refractivity contribution in [2.45, 2.75) is 11.3 Å². The van der Waals surface area contributed by atoms with Gasteiger partial charge in [-0.3, -0.25) is 0 Å². The Morgan fingerprint density at radius 2 is 1.78 bits per heavy atom. The molecule has 124 valence electrons. The van der Waals surface area contributed by atoms with Crippen molar-refractivity contribution in [1.82, 2.24) is 9.97 Å². The predicted octanol–water partition coefficient (Wildman–Crippen LogP) is 4.60. The number of halogens is 4. The monoisotopic (exact) mass is 455 g/mol. The van der Waals surface area contributed by atoms with E-state index in [1.165, 1.54) is 0 Å². The SMILES string of the molecule is COc1ccc(N(C)c2nc(SC)nc(C(F)(F)F)c2I)cc1. The molecule has 1 heterocycles. The summed E-state index contributed by atoms with van der Waals surface area (Å²) in [5.41, 5.74) is -0.226. The zero-order valence-corrected chi connectivity index (χ0v) is 15.5. The molecule has 0 fully saturated rings. The molecule has 0 bridgehead atoms. The van der Waals surface area contributed by atoms with Gasteiger partial charge in [-0.05, 0) is 53.1 Å². The highest BCUT2D eigenvalue weighted by Crippen LogP contribution is 2.37. The Bertz CT molecular complexity index is 695. The van der Waals surface area contributed by atoms with Crippen molar-refractivity contribution in [2.24, 2.45) is 0 Å². The minimum Gasteiger partial charge on any atom is -0.497 e. The van der Waals surface area contributed by atoms with Crippen LogP contribution in [0.25, 0.3) is 0 Å². The Morgan fingerprint density at radius 3 is 2.26 bits per heavy atom. The Morgan fingerprint density at radius 1 is 1.17 bits per heavy atom. The van der Waals surface area contributed by atoms with Crippen LogP contribution in [0.15, 0.2) is 29.4 Å². The summed E-state index contributed by atoms with van der Waals surface area (Å²) in [5.74, 6) is 0.878. The van der Waals surface area contributed by atoms with Gasteiger partial charge < -0.3 is 9.64 Å². The van der Waals surface area contributed by atoms with Crippen molar-refractivity contribution in [2.75, 3.05) is 25.3 Å². The van der Waals surface area contributed by atoms with Crippen LogP contribution in [0.3, 0.4) is 0 Å². The number of rotatable bonds is 4. The number of benzene rings is 1. The second-order valence-corrected chi connectivity index (χ2v) is 6.30. The maximum absolute atomic E-state index is 13.2. The van der Waals surface area contributed by atoms with Crippen molar-refractivity contribution < 1.29 is 17.9 Å². The number of thioether (sulfide) groups is 1. The fourth-order valence-corrected chi connectivity index (χ4v) is 3.11. The highest BCUT2D eigenvalue weighted by molar-refractivity contribution is 14.1. The average Bonchev–Trinajstić information content (AvgIpc) is 2.53. The Labute approximate surface area is 149 Å². The van der Waals surface area contributed by atoms with Crippen LogP contribution in [-0.2, 0) is 6.18 Å². The maximum Gasteiger partial charge on any atom is 0.434 e. The van der Waals surface area contributed by atoms with Crippen LogP contribution < -0.4 is 9.64 Å². The van der Waals surface area contributed by atoms with Crippen LogP contribution in [0, 0.1) is 3.57 Å². The molecule has 2 aromatic rings. The van der Waals surface area contributed by atoms with E-state index in [0.29, 0.717) is 11.4 Å². The molecule has 0 unspecified atom stereocenters. The summed E-state index contributed by atoms with van der Waals surface area (Å²) in [6.45, 7) is 0. The van der Waals surface area contributed by atoms with Crippen LogP contribution in [0.5, 0.6) is 5.75 Å². The fraction of sp³-hybridized carbons (Fsp3) is 0.286. The molecule has 9 heteroatoms. The zero-order valence-electron chi connectivity index (χ0n) is 12.5. The third-order valence-electron chi connectivity index (χ3n) is 3.04. The lowest BCUT2D eigenvalue weighted by Gasteiger charge is -2.22. The largest absolute Gasteiger partial charge is 0.497 e. The molecule has 0 aliphatic rings. The van der Waals surface area contributed by atoms with Gasteiger partial charge in [-0.15, -0.1) is 0 Å². The number of hydrogen-bond acceptors (Lipinski definition) is 5. The van der Waals surface area contributed by atoms with E-state index in [1.54, 1.807) is 72.2 Å². The molecule has 0 atom stereocenters. The summed E-state index contributed by atoms with van der Waals surface area (Å²) in [4.78, 5) is 9.42. The number of aromatic nitrogens is 2. The molecule has 1 aromatic carbocycles. The fourth-order valence-electron chi connectivity index (χ4n) is 1.84. The van der Waals surface area contributed by atoms with E-state index >= 15 is 0 Å². The molecule has 0 saturated carbocycles. The van der Waals surface area contributed by atoms with Gasteiger partial charge in [0.15, 0.2) is 16.7 Å². The van der Waals surface area contributed by atoms with E-state index in [9.17, 15) is 13.2 Å². The van der Waals surface area contributed by atoms with Crippen LogP contribution in [0.4, 0.5) is 24.7 Å². The second kappa shape index (κ2) is 7.12. The molecule has 0 aliphatic heterocycles. The van der Waals surface area contributed by atoms with Crippen LogP contribution in [0.1, 0.15) is 5.69 Å². The summed E-state index contributed by atoms with van der Waals surface area (Å²) in [6, 6.07) is 6.98. The molecule has 1 aromatic heterocycles. The first-order valence-corrected chi connectivity index (χ1v) is 8.64. The van der Waals surface area contributed by atoms with Crippen molar-refractivity contribution in [3.05, 3.63) is 33.5 Å². The normalized spacial score (nSPS) is 11.4. The number of ether oxygens (including phenoxy) is 1. The average molecular weight is 455 g/mol. The smallest absolute Gasteiger partial charge is 0.434 e. The molecule has 4 nitrogen and oxygen atoms in total. The van der Waals surface area contributed by atoms with Crippen molar-refractivity contribution >= 4 is 45.9 Å². The van der Waals surface area contributed by atoms with E-state index in [2.05, 4.69) is 9.97 Å². The van der Waals surface area contributed by atoms with Gasteiger partial charge in [-0.1, -0.05) is 11.8 Å². The van der Waals surface area contributed by atoms with Gasteiger partial charge in [0.1, 0.15) is 5.75 Å². The van der Waals surface area contributed by atoms with E-state index < -0.39 is 11.9 Å². The zero-order chi connectivity index (χ0) is 17.2. The number of hydrogen-bond donors (Lipinski definition) is 0. The molecule has 23 heavy (non-hydrogen) atoms. The first-order chi connectivity index (χ1) is 10.8. The molecule has 0 radical (unpaired) electrons. The van der Waals surface area contributed by atoms with Gasteiger partial charge in [-0.25, -0.2) is 9.97 Å². The van der Waals surface area contributed by atoms with Gasteiger partial charge in [0.2, 0.25) is 0 Å². The molecule has 2 rings (SSSR count). The quantitative estimate of drug-likeness (QED) is 0.383. The van der Waals surface area contributed by atoms with Gasteiger partial charge in [0, 0.05) is 12.7 Å². The van der Waals surface area contributed by atoms with E-state index in [4.69, 9.17) is 4.74 Å². The van der Waals surface area contributed by atoms with E-state index in [1.807, 2.05) is 0 Å². The summed E-state index contributed by atoms with van der Waals surface area (Å²) >= 11 is 2.70. The Kier molecular flexibility index (Phi) is 5.61. The number of methoxy groups -OCH3 is 1. The predicted molar refractivity (Wildman–Crippen MR) is 92.6 cm³/mol. The van der Waals surface area contributed by atoms with Crippen LogP contribution in [-0.4, -0.2) is 30.4 Å². The lowest BCUT2D eigenvalue weighted by atomic mass is 10.2. The first kappa shape index (κ1) is 18.1. The summed E-state index contributed by atoms with van der Waals surface area (Å²) in [7, 11) is 3.21. The molecular weight excluding hydrogens is 442 g/mol. The lowest BCUT2D eigenvalue weighted by Crippen LogP contribution is -2.19. The minimum atomic E-state index is -4.53. The molecule has 0 N–H and O–H groups in total. The van der Waals surface area contributed by atoms with Crippen LogP contribution >= 0.6 is 34.4 Å². The third-order valence-corrected chi connectivity index (χ3v) is 4.58. The maximum atomic E-state index is 13.2. The summed E-state index contributed by atoms with van der Waals surface area (Å²) in [5, 5.41) is 0.0769. The van der Waals surface area contributed by atoms with Crippen molar-refractivity contribution in [3.8, 4) is 5.75 Å². The van der Waals surface area contributed by atoms with E-state index in [-0.39, 0.29) is 14.5 Å². The lowest BCUT2D eigenvalue weighted by molar-refractivity contribution is -0.142. The van der Waals surface area contributed by atoms with Crippen molar-refractivity contribution in [1.29, 1.82) is 0 Å². The molecule has 0 aliphatic carbocycles. The van der Waals surface area contributed by atoms with Crippen LogP contribution in [0.2, 0.25) is 0 Å². The summed E-state index contributed by atoms with van der Waals surface area (Å²) < 4.78 is 44.6.